The van der Waals surface area contributed by atoms with Crippen LogP contribution < -0.4 is 22.2 Å². The van der Waals surface area contributed by atoms with Crippen LogP contribution in [0.15, 0.2) is 52.9 Å². The van der Waals surface area contributed by atoms with E-state index in [1.807, 2.05) is 38.1 Å². The largest absolute Gasteiger partial charge is 0.431 e. The standard InChI is InChI=1S/C16H22F3N5/c1-10-6-4-5-7-14(10)24-11(2)8-22-23-9-13(12(3)20)15(21)16(17,18)19/h4-7,9,11,22,24H,3,8,20-21H2,1-2H3. The van der Waals surface area contributed by atoms with Gasteiger partial charge in [0.25, 0.3) is 0 Å². The molecule has 0 fully saturated rings. The Kier molecular flexibility index (Phi) is 6.69. The van der Waals surface area contributed by atoms with E-state index in [0.29, 0.717) is 6.54 Å². The summed E-state index contributed by atoms with van der Waals surface area (Å²) in [7, 11) is 0. The first-order valence-electron chi connectivity index (χ1n) is 7.22. The van der Waals surface area contributed by atoms with Crippen molar-refractivity contribution in [2.75, 3.05) is 11.9 Å². The summed E-state index contributed by atoms with van der Waals surface area (Å²) in [5.41, 5.74) is 13.0. The maximum atomic E-state index is 12.6. The van der Waals surface area contributed by atoms with Crippen molar-refractivity contribution in [2.45, 2.75) is 26.1 Å². The Morgan fingerprint density at radius 3 is 2.50 bits per heavy atom. The summed E-state index contributed by atoms with van der Waals surface area (Å²) in [6.45, 7) is 7.56. The molecule has 132 valence electrons. The number of allylic oxidation sites excluding steroid dienone is 2. The number of aryl methyl sites for hydroxylation is 1. The van der Waals surface area contributed by atoms with Crippen molar-refractivity contribution in [1.29, 1.82) is 0 Å². The van der Waals surface area contributed by atoms with E-state index in [2.05, 4.69) is 22.4 Å². The molecule has 0 spiro atoms. The van der Waals surface area contributed by atoms with Crippen molar-refractivity contribution in [2.24, 2.45) is 16.6 Å². The highest BCUT2D eigenvalue weighted by Gasteiger charge is 2.34. The first kappa shape index (κ1) is 19.4. The highest BCUT2D eigenvalue weighted by atomic mass is 19.4. The van der Waals surface area contributed by atoms with Gasteiger partial charge in [0.1, 0.15) is 5.70 Å². The molecule has 8 heteroatoms. The van der Waals surface area contributed by atoms with Crippen LogP contribution in [0.3, 0.4) is 0 Å². The van der Waals surface area contributed by atoms with Crippen LogP contribution in [-0.4, -0.2) is 25.0 Å². The molecule has 0 bridgehead atoms. The minimum atomic E-state index is -4.69. The Hall–Kier alpha value is -2.64. The zero-order chi connectivity index (χ0) is 18.3. The van der Waals surface area contributed by atoms with Gasteiger partial charge in [-0.3, -0.25) is 0 Å². The molecule has 6 N–H and O–H groups in total. The van der Waals surface area contributed by atoms with E-state index in [9.17, 15) is 13.2 Å². The van der Waals surface area contributed by atoms with Gasteiger partial charge in [-0.25, -0.2) is 0 Å². The first-order valence-corrected chi connectivity index (χ1v) is 7.22. The topological polar surface area (TPSA) is 88.5 Å². The number of hydrogen-bond acceptors (Lipinski definition) is 5. The van der Waals surface area contributed by atoms with Gasteiger partial charge in [0, 0.05) is 23.0 Å². The van der Waals surface area contributed by atoms with Crippen molar-refractivity contribution >= 4 is 11.9 Å². The summed E-state index contributed by atoms with van der Waals surface area (Å²) >= 11 is 0. The second-order valence-electron chi connectivity index (χ2n) is 5.33. The summed E-state index contributed by atoms with van der Waals surface area (Å²) in [4.78, 5) is 0. The molecule has 1 aromatic rings. The average Bonchev–Trinajstić information content (AvgIpc) is 2.47. The lowest BCUT2D eigenvalue weighted by molar-refractivity contribution is -0.0930. The molecule has 0 aliphatic heterocycles. The predicted molar refractivity (Wildman–Crippen MR) is 91.4 cm³/mol. The molecule has 5 nitrogen and oxygen atoms in total. The van der Waals surface area contributed by atoms with Crippen LogP contribution in [-0.2, 0) is 0 Å². The highest BCUT2D eigenvalue weighted by molar-refractivity contribution is 5.85. The van der Waals surface area contributed by atoms with E-state index < -0.39 is 17.4 Å². The number of nitrogens with zero attached hydrogens (tertiary/aromatic N) is 1. The fourth-order valence-corrected chi connectivity index (χ4v) is 1.83. The monoisotopic (exact) mass is 341 g/mol. The van der Waals surface area contributed by atoms with E-state index in [-0.39, 0.29) is 11.7 Å². The van der Waals surface area contributed by atoms with Crippen LogP contribution in [0.1, 0.15) is 12.5 Å². The maximum Gasteiger partial charge on any atom is 0.431 e. The first-order chi connectivity index (χ1) is 11.1. The molecule has 0 amide bonds. The van der Waals surface area contributed by atoms with E-state index >= 15 is 0 Å². The molecule has 1 atom stereocenters. The number of hydrazone groups is 1. The number of para-hydroxylation sites is 1. The maximum absolute atomic E-state index is 12.6. The van der Waals surface area contributed by atoms with Crippen LogP contribution in [0.2, 0.25) is 0 Å². The van der Waals surface area contributed by atoms with Crippen molar-refractivity contribution < 1.29 is 13.2 Å². The molecule has 1 aromatic carbocycles. The quantitative estimate of drug-likeness (QED) is 0.349. The highest BCUT2D eigenvalue weighted by Crippen LogP contribution is 2.24. The molecular weight excluding hydrogens is 319 g/mol. The van der Waals surface area contributed by atoms with Gasteiger partial charge in [0.15, 0.2) is 0 Å². The third-order valence-electron chi connectivity index (χ3n) is 3.17. The zero-order valence-electron chi connectivity index (χ0n) is 13.6. The predicted octanol–water partition coefficient (Wildman–Crippen LogP) is 2.62. The van der Waals surface area contributed by atoms with Crippen LogP contribution in [0, 0.1) is 6.92 Å². The summed E-state index contributed by atoms with van der Waals surface area (Å²) in [5, 5.41) is 7.01. The number of halogens is 3. The lowest BCUT2D eigenvalue weighted by Gasteiger charge is -2.16. The molecule has 0 aliphatic carbocycles. The number of anilines is 1. The number of hydrogen-bond donors (Lipinski definition) is 4. The number of rotatable bonds is 7. The van der Waals surface area contributed by atoms with E-state index in [1.165, 1.54) is 0 Å². The Morgan fingerprint density at radius 2 is 1.96 bits per heavy atom. The van der Waals surface area contributed by atoms with Crippen LogP contribution in [0.5, 0.6) is 0 Å². The van der Waals surface area contributed by atoms with Crippen LogP contribution in [0.25, 0.3) is 0 Å². The Balaban J connectivity index is 2.63. The Labute approximate surface area is 139 Å². The number of alkyl halides is 3. The van der Waals surface area contributed by atoms with E-state index in [1.54, 1.807) is 0 Å². The lowest BCUT2D eigenvalue weighted by Crippen LogP contribution is -2.28. The molecule has 1 unspecified atom stereocenters. The Bertz CT molecular complexity index is 635. The summed E-state index contributed by atoms with van der Waals surface area (Å²) in [5.74, 6) is 0. The van der Waals surface area contributed by atoms with Crippen molar-refractivity contribution in [3.8, 4) is 0 Å². The van der Waals surface area contributed by atoms with Crippen LogP contribution >= 0.6 is 0 Å². The number of benzene rings is 1. The minimum Gasteiger partial charge on any atom is -0.399 e. The van der Waals surface area contributed by atoms with Gasteiger partial charge in [-0.1, -0.05) is 24.8 Å². The molecule has 0 aliphatic rings. The molecule has 0 aromatic heterocycles. The normalized spacial score (nSPS) is 14.2. The van der Waals surface area contributed by atoms with E-state index in [4.69, 9.17) is 11.5 Å². The lowest BCUT2D eigenvalue weighted by atomic mass is 10.2. The van der Waals surface area contributed by atoms with Crippen LogP contribution in [0.4, 0.5) is 18.9 Å². The van der Waals surface area contributed by atoms with E-state index in [0.717, 1.165) is 17.5 Å². The third-order valence-corrected chi connectivity index (χ3v) is 3.17. The molecular formula is C16H22F3N5. The van der Waals surface area contributed by atoms with Gasteiger partial charge in [-0.2, -0.15) is 18.3 Å². The fraction of sp³-hybridized carbons (Fsp3) is 0.312. The summed E-state index contributed by atoms with van der Waals surface area (Å²) in [6, 6.07) is 7.77. The molecule has 0 radical (unpaired) electrons. The second kappa shape index (κ2) is 8.28. The van der Waals surface area contributed by atoms with Gasteiger partial charge in [0.2, 0.25) is 0 Å². The second-order valence-corrected chi connectivity index (χ2v) is 5.33. The average molecular weight is 341 g/mol. The summed E-state index contributed by atoms with van der Waals surface area (Å²) in [6.07, 6.45) is -3.77. The zero-order valence-corrected chi connectivity index (χ0v) is 13.6. The molecule has 0 saturated heterocycles. The van der Waals surface area contributed by atoms with Gasteiger partial charge in [-0.05, 0) is 25.5 Å². The summed E-state index contributed by atoms with van der Waals surface area (Å²) < 4.78 is 37.8. The SMILES string of the molecule is C=C(N)C(C=NNCC(C)Nc1ccccc1C)=C(N)C(F)(F)F. The van der Waals surface area contributed by atoms with Gasteiger partial charge >= 0.3 is 6.18 Å². The third kappa shape index (κ3) is 5.86. The number of nitrogens with one attached hydrogen (secondary N) is 2. The minimum absolute atomic E-state index is 0.00304. The fourth-order valence-electron chi connectivity index (χ4n) is 1.83. The van der Waals surface area contributed by atoms with Gasteiger partial charge in [0.05, 0.1) is 12.8 Å². The van der Waals surface area contributed by atoms with Crippen molar-refractivity contribution in [1.82, 2.24) is 5.43 Å². The van der Waals surface area contributed by atoms with Crippen molar-refractivity contribution in [3.05, 3.63) is 53.4 Å². The molecule has 1 rings (SSSR count). The number of nitrogens with two attached hydrogens (primary N) is 2. The van der Waals surface area contributed by atoms with Crippen molar-refractivity contribution in [3.63, 3.8) is 0 Å². The molecule has 24 heavy (non-hydrogen) atoms. The van der Waals surface area contributed by atoms with Gasteiger partial charge in [-0.15, -0.1) is 0 Å². The molecule has 0 saturated carbocycles. The Morgan fingerprint density at radius 1 is 1.33 bits per heavy atom. The smallest absolute Gasteiger partial charge is 0.399 e. The molecule has 0 heterocycles. The van der Waals surface area contributed by atoms with Gasteiger partial charge < -0.3 is 22.2 Å².